The number of hydrogen-bond acceptors (Lipinski definition) is 4. The third-order valence-electron chi connectivity index (χ3n) is 3.68. The van der Waals surface area contributed by atoms with Crippen LogP contribution in [-0.4, -0.2) is 53.6 Å². The summed E-state index contributed by atoms with van der Waals surface area (Å²) in [6.45, 7) is 6.49. The Balaban J connectivity index is 2.09. The Labute approximate surface area is 152 Å². The van der Waals surface area contributed by atoms with Crippen molar-refractivity contribution in [2.75, 3.05) is 19.8 Å². The molecule has 0 saturated carbocycles. The van der Waals surface area contributed by atoms with Gasteiger partial charge in [-0.3, -0.25) is 4.90 Å². The fourth-order valence-electron chi connectivity index (χ4n) is 2.54. The monoisotopic (exact) mass is 375 g/mol. The largest absolute Gasteiger partial charge is 0.444 e. The lowest BCUT2D eigenvalue weighted by Crippen LogP contribution is -2.55. The van der Waals surface area contributed by atoms with E-state index in [2.05, 4.69) is 0 Å². The molecule has 1 aliphatic rings. The number of aliphatic hydroxyl groups excluding tert-OH is 1. The van der Waals surface area contributed by atoms with Crippen LogP contribution in [0.25, 0.3) is 0 Å². The smallest absolute Gasteiger partial charge is 0.410 e. The van der Waals surface area contributed by atoms with Gasteiger partial charge in [0.1, 0.15) is 5.60 Å². The van der Waals surface area contributed by atoms with E-state index in [-0.39, 0.29) is 6.61 Å². The van der Waals surface area contributed by atoms with Gasteiger partial charge in [-0.05, 0) is 38.5 Å². The van der Waals surface area contributed by atoms with E-state index in [9.17, 15) is 9.90 Å². The molecule has 1 heterocycles. The van der Waals surface area contributed by atoms with Crippen LogP contribution in [0.5, 0.6) is 0 Å². The number of benzene rings is 1. The van der Waals surface area contributed by atoms with Gasteiger partial charge in [-0.25, -0.2) is 4.79 Å². The minimum absolute atomic E-state index is 0.256. The first-order valence-corrected chi connectivity index (χ1v) is 8.62. The van der Waals surface area contributed by atoms with Crippen molar-refractivity contribution in [3.8, 4) is 0 Å². The highest BCUT2D eigenvalue weighted by Gasteiger charge is 2.35. The first kappa shape index (κ1) is 19.3. The summed E-state index contributed by atoms with van der Waals surface area (Å²) in [7, 11) is 0. The molecular weight excluding hydrogens is 353 g/mol. The number of rotatable bonds is 3. The Hall–Kier alpha value is -1.01. The molecule has 134 valence electrons. The van der Waals surface area contributed by atoms with Crippen LogP contribution >= 0.6 is 23.2 Å². The third kappa shape index (κ3) is 5.24. The summed E-state index contributed by atoms with van der Waals surface area (Å²) in [4.78, 5) is 13.9. The lowest BCUT2D eigenvalue weighted by atomic mass is 10.0. The van der Waals surface area contributed by atoms with E-state index >= 15 is 0 Å². The van der Waals surface area contributed by atoms with Crippen molar-refractivity contribution in [3.63, 3.8) is 0 Å². The van der Waals surface area contributed by atoms with Crippen molar-refractivity contribution in [1.29, 1.82) is 0 Å². The number of halogens is 2. The molecule has 0 spiro atoms. The maximum Gasteiger partial charge on any atom is 0.410 e. The molecule has 0 aromatic heterocycles. The number of carbonyl (C=O) groups is 1. The van der Waals surface area contributed by atoms with Gasteiger partial charge in [-0.1, -0.05) is 29.3 Å². The molecule has 2 atom stereocenters. The van der Waals surface area contributed by atoms with Gasteiger partial charge < -0.3 is 14.6 Å². The maximum atomic E-state index is 12.4. The molecule has 1 aliphatic heterocycles. The summed E-state index contributed by atoms with van der Waals surface area (Å²) in [6, 6.07) is 4.64. The van der Waals surface area contributed by atoms with Crippen LogP contribution in [0.4, 0.5) is 4.79 Å². The fraction of sp³-hybridized carbons (Fsp3) is 0.588. The molecule has 5 nitrogen and oxygen atoms in total. The van der Waals surface area contributed by atoms with Crippen molar-refractivity contribution < 1.29 is 19.4 Å². The van der Waals surface area contributed by atoms with Gasteiger partial charge in [0.05, 0.1) is 25.4 Å². The average molecular weight is 376 g/mol. The van der Waals surface area contributed by atoms with Crippen molar-refractivity contribution in [2.24, 2.45) is 0 Å². The second-order valence-corrected chi connectivity index (χ2v) is 7.67. The Bertz CT molecular complexity index is 588. The molecule has 0 radical (unpaired) electrons. The zero-order chi connectivity index (χ0) is 17.9. The van der Waals surface area contributed by atoms with Crippen molar-refractivity contribution >= 4 is 29.3 Å². The summed E-state index contributed by atoms with van der Waals surface area (Å²) >= 11 is 12.1. The van der Waals surface area contributed by atoms with Crippen molar-refractivity contribution in [2.45, 2.75) is 44.9 Å². The average Bonchev–Trinajstić information content (AvgIpc) is 2.48. The van der Waals surface area contributed by atoms with Gasteiger partial charge in [-0.2, -0.15) is 0 Å². The van der Waals surface area contributed by atoms with Crippen molar-refractivity contribution in [3.05, 3.63) is 33.8 Å². The number of carbonyl (C=O) groups excluding carboxylic acids is 1. The quantitative estimate of drug-likeness (QED) is 0.877. The normalized spacial score (nSPS) is 19.9. The Morgan fingerprint density at radius 3 is 2.79 bits per heavy atom. The lowest BCUT2D eigenvalue weighted by Gasteiger charge is -2.38. The van der Waals surface area contributed by atoms with E-state index < -0.39 is 23.8 Å². The predicted octanol–water partition coefficient (Wildman–Crippen LogP) is 3.53. The molecular formula is C17H23Cl2NO4. The number of amides is 1. The van der Waals surface area contributed by atoms with Gasteiger partial charge in [0.25, 0.3) is 0 Å². The van der Waals surface area contributed by atoms with Crippen LogP contribution in [0.15, 0.2) is 18.2 Å². The van der Waals surface area contributed by atoms with Gasteiger partial charge in [0.15, 0.2) is 0 Å². The van der Waals surface area contributed by atoms with Gasteiger partial charge in [-0.15, -0.1) is 0 Å². The molecule has 1 aromatic rings. The van der Waals surface area contributed by atoms with E-state index in [1.54, 1.807) is 18.2 Å². The highest BCUT2D eigenvalue weighted by Crippen LogP contribution is 2.24. The summed E-state index contributed by atoms with van der Waals surface area (Å²) < 4.78 is 10.9. The van der Waals surface area contributed by atoms with Crippen LogP contribution in [0, 0.1) is 0 Å². The van der Waals surface area contributed by atoms with E-state index in [1.807, 2.05) is 20.8 Å². The van der Waals surface area contributed by atoms with Gasteiger partial charge >= 0.3 is 6.09 Å². The Morgan fingerprint density at radius 2 is 2.17 bits per heavy atom. The molecule has 7 heteroatoms. The molecule has 0 bridgehead atoms. The van der Waals surface area contributed by atoms with E-state index in [1.165, 1.54) is 4.90 Å². The molecule has 1 amide bonds. The summed E-state index contributed by atoms with van der Waals surface area (Å²) in [6.07, 6.45) is -0.975. The molecule has 1 saturated heterocycles. The second kappa shape index (κ2) is 7.91. The molecule has 1 aromatic carbocycles. The van der Waals surface area contributed by atoms with Crippen LogP contribution in [-0.2, 0) is 15.9 Å². The van der Waals surface area contributed by atoms with E-state index in [0.29, 0.717) is 29.6 Å². The zero-order valence-corrected chi connectivity index (χ0v) is 15.6. The van der Waals surface area contributed by atoms with Gasteiger partial charge in [0, 0.05) is 23.0 Å². The Morgan fingerprint density at radius 1 is 1.46 bits per heavy atom. The number of hydrogen-bond donors (Lipinski definition) is 1. The molecule has 1 fully saturated rings. The minimum atomic E-state index is -0.823. The topological polar surface area (TPSA) is 59.0 Å². The summed E-state index contributed by atoms with van der Waals surface area (Å²) in [5, 5.41) is 11.6. The first-order valence-electron chi connectivity index (χ1n) is 7.87. The highest BCUT2D eigenvalue weighted by molar-refractivity contribution is 6.35. The number of aliphatic hydroxyl groups is 1. The molecule has 24 heavy (non-hydrogen) atoms. The molecule has 2 rings (SSSR count). The zero-order valence-electron chi connectivity index (χ0n) is 14.1. The van der Waals surface area contributed by atoms with Gasteiger partial charge in [0.2, 0.25) is 0 Å². The molecule has 1 N–H and O–H groups in total. The number of ether oxygens (including phenoxy) is 2. The Kier molecular flexibility index (Phi) is 6.37. The predicted molar refractivity (Wildman–Crippen MR) is 93.7 cm³/mol. The summed E-state index contributed by atoms with van der Waals surface area (Å²) in [5.74, 6) is 0. The second-order valence-electron chi connectivity index (χ2n) is 6.82. The fourth-order valence-corrected chi connectivity index (χ4v) is 3.02. The first-order chi connectivity index (χ1) is 11.2. The molecule has 0 aliphatic carbocycles. The van der Waals surface area contributed by atoms with Crippen LogP contribution in [0.3, 0.4) is 0 Å². The third-order valence-corrected chi connectivity index (χ3v) is 4.27. The van der Waals surface area contributed by atoms with Crippen LogP contribution in [0.2, 0.25) is 10.0 Å². The maximum absolute atomic E-state index is 12.4. The SMILES string of the molecule is CC(C)(C)OC(=O)N1CCOCC1C(O)Cc1ccc(Cl)cc1Cl. The number of nitrogens with zero attached hydrogens (tertiary/aromatic N) is 1. The van der Waals surface area contributed by atoms with Crippen LogP contribution in [0.1, 0.15) is 26.3 Å². The van der Waals surface area contributed by atoms with E-state index in [0.717, 1.165) is 5.56 Å². The number of morpholine rings is 1. The minimum Gasteiger partial charge on any atom is -0.444 e. The standard InChI is InChI=1S/C17H23Cl2NO4/c1-17(2,3)24-16(22)20-6-7-23-10-14(20)15(21)8-11-4-5-12(18)9-13(11)19/h4-5,9,14-15,21H,6-8,10H2,1-3H3. The summed E-state index contributed by atoms with van der Waals surface area (Å²) in [5.41, 5.74) is 0.174. The highest BCUT2D eigenvalue weighted by atomic mass is 35.5. The molecule has 2 unspecified atom stereocenters. The van der Waals surface area contributed by atoms with E-state index in [4.69, 9.17) is 32.7 Å². The lowest BCUT2D eigenvalue weighted by molar-refractivity contribution is -0.0660. The van der Waals surface area contributed by atoms with Crippen molar-refractivity contribution in [1.82, 2.24) is 4.90 Å². The van der Waals surface area contributed by atoms with Crippen LogP contribution < -0.4 is 0 Å².